The van der Waals surface area contributed by atoms with Gasteiger partial charge < -0.3 is 16.0 Å². The number of benzene rings is 2. The minimum Gasteiger partial charge on any atom is -0.327 e. The summed E-state index contributed by atoms with van der Waals surface area (Å²) in [5.41, 5.74) is 4.16. The smallest absolute Gasteiger partial charge is 0.319 e. The molecule has 0 spiro atoms. The Balaban J connectivity index is 2.01. The van der Waals surface area contributed by atoms with Gasteiger partial charge in [0.1, 0.15) is 0 Å². The largest absolute Gasteiger partial charge is 0.327 e. The summed E-state index contributed by atoms with van der Waals surface area (Å²) in [7, 11) is 0. The van der Waals surface area contributed by atoms with Crippen molar-refractivity contribution in [3.8, 4) is 0 Å². The number of carbonyl (C=O) groups excluding carboxylic acids is 2. The lowest BCUT2D eigenvalue weighted by Crippen LogP contribution is -2.46. The zero-order valence-electron chi connectivity index (χ0n) is 15.1. The standard InChI is InChI=1S/C20H19Cl2N3O2/c1-10-4-5-11(2)16(8-10)24-19(26)17-12(3)23-20(27)25-18(17)14-7-6-13(21)9-15(14)22/h4-9,18H,1-3H3,(H,24,26)(H2,23,25,27). The van der Waals surface area contributed by atoms with Crippen molar-refractivity contribution in [3.63, 3.8) is 0 Å². The lowest BCUT2D eigenvalue weighted by Gasteiger charge is -2.29. The summed E-state index contributed by atoms with van der Waals surface area (Å²) in [4.78, 5) is 25.1. The molecule has 0 radical (unpaired) electrons. The molecule has 1 aliphatic rings. The number of urea groups is 1. The van der Waals surface area contributed by atoms with E-state index in [1.54, 1.807) is 25.1 Å². The van der Waals surface area contributed by atoms with E-state index in [0.717, 1.165) is 16.8 Å². The Kier molecular flexibility index (Phi) is 5.44. The van der Waals surface area contributed by atoms with Crippen LogP contribution in [0.15, 0.2) is 47.7 Å². The van der Waals surface area contributed by atoms with Gasteiger partial charge >= 0.3 is 6.03 Å². The minimum absolute atomic E-state index is 0.315. The van der Waals surface area contributed by atoms with Gasteiger partial charge in [-0.25, -0.2) is 4.79 Å². The van der Waals surface area contributed by atoms with Crippen LogP contribution in [0.1, 0.15) is 29.7 Å². The van der Waals surface area contributed by atoms with Crippen LogP contribution in [-0.4, -0.2) is 11.9 Å². The van der Waals surface area contributed by atoms with E-state index >= 15 is 0 Å². The third-order valence-corrected chi connectivity index (χ3v) is 4.99. The van der Waals surface area contributed by atoms with Crippen molar-refractivity contribution in [2.24, 2.45) is 0 Å². The molecule has 0 aliphatic carbocycles. The van der Waals surface area contributed by atoms with Gasteiger partial charge in [0.25, 0.3) is 5.91 Å². The van der Waals surface area contributed by atoms with Crippen molar-refractivity contribution in [2.75, 3.05) is 5.32 Å². The number of aryl methyl sites for hydroxylation is 2. The normalized spacial score (nSPS) is 16.6. The van der Waals surface area contributed by atoms with Gasteiger partial charge in [-0.15, -0.1) is 0 Å². The molecule has 1 heterocycles. The number of carbonyl (C=O) groups is 2. The van der Waals surface area contributed by atoms with Crippen molar-refractivity contribution in [2.45, 2.75) is 26.8 Å². The second-order valence-corrected chi connectivity index (χ2v) is 7.35. The van der Waals surface area contributed by atoms with Gasteiger partial charge in [0.15, 0.2) is 0 Å². The zero-order chi connectivity index (χ0) is 19.7. The van der Waals surface area contributed by atoms with Crippen LogP contribution in [0.3, 0.4) is 0 Å². The fraction of sp³-hybridized carbons (Fsp3) is 0.200. The van der Waals surface area contributed by atoms with Crippen molar-refractivity contribution in [3.05, 3.63) is 74.4 Å². The van der Waals surface area contributed by atoms with E-state index in [9.17, 15) is 9.59 Å². The number of amides is 3. The number of allylic oxidation sites excluding steroid dienone is 1. The SMILES string of the molecule is CC1=C(C(=O)Nc2cc(C)ccc2C)C(c2ccc(Cl)cc2Cl)NC(=O)N1. The average Bonchev–Trinajstić information content (AvgIpc) is 2.57. The molecule has 140 valence electrons. The van der Waals surface area contributed by atoms with Gasteiger partial charge in [-0.1, -0.05) is 41.4 Å². The Labute approximate surface area is 167 Å². The quantitative estimate of drug-likeness (QED) is 0.683. The number of anilines is 1. The molecule has 3 amide bonds. The summed E-state index contributed by atoms with van der Waals surface area (Å²) < 4.78 is 0. The summed E-state index contributed by atoms with van der Waals surface area (Å²) in [5.74, 6) is -0.315. The topological polar surface area (TPSA) is 70.2 Å². The predicted molar refractivity (Wildman–Crippen MR) is 108 cm³/mol. The fourth-order valence-electron chi connectivity index (χ4n) is 3.02. The van der Waals surface area contributed by atoms with E-state index in [4.69, 9.17) is 23.2 Å². The van der Waals surface area contributed by atoms with Gasteiger partial charge in [-0.05, 0) is 55.7 Å². The number of hydrogen-bond acceptors (Lipinski definition) is 2. The molecule has 27 heavy (non-hydrogen) atoms. The first-order chi connectivity index (χ1) is 12.8. The van der Waals surface area contributed by atoms with Crippen molar-refractivity contribution in [1.29, 1.82) is 0 Å². The number of nitrogens with one attached hydrogen (secondary N) is 3. The summed E-state index contributed by atoms with van der Waals surface area (Å²) in [6.45, 7) is 5.57. The van der Waals surface area contributed by atoms with E-state index < -0.39 is 12.1 Å². The molecule has 2 aromatic rings. The van der Waals surface area contributed by atoms with E-state index in [1.807, 2.05) is 32.0 Å². The number of hydrogen-bond donors (Lipinski definition) is 3. The molecular formula is C20H19Cl2N3O2. The average molecular weight is 404 g/mol. The molecule has 0 saturated carbocycles. The Hall–Kier alpha value is -2.50. The number of rotatable bonds is 3. The van der Waals surface area contributed by atoms with Crippen LogP contribution >= 0.6 is 23.2 Å². The van der Waals surface area contributed by atoms with E-state index in [-0.39, 0.29) is 5.91 Å². The Morgan fingerprint density at radius 2 is 1.81 bits per heavy atom. The van der Waals surface area contributed by atoms with Crippen molar-refractivity contribution >= 4 is 40.8 Å². The third-order valence-electron chi connectivity index (χ3n) is 4.43. The monoisotopic (exact) mass is 403 g/mol. The highest BCUT2D eigenvalue weighted by Gasteiger charge is 2.32. The molecule has 3 rings (SSSR count). The predicted octanol–water partition coefficient (Wildman–Crippen LogP) is 4.88. The summed E-state index contributed by atoms with van der Waals surface area (Å²) in [6.07, 6.45) is 0. The Morgan fingerprint density at radius 3 is 2.52 bits per heavy atom. The van der Waals surface area contributed by atoms with E-state index in [1.165, 1.54) is 0 Å². The second kappa shape index (κ2) is 7.62. The van der Waals surface area contributed by atoms with Crippen LogP contribution < -0.4 is 16.0 Å². The molecule has 1 aliphatic heterocycles. The van der Waals surface area contributed by atoms with Gasteiger partial charge in [0.05, 0.1) is 11.6 Å². The van der Waals surface area contributed by atoms with Crippen molar-refractivity contribution < 1.29 is 9.59 Å². The minimum atomic E-state index is -0.686. The third kappa shape index (κ3) is 4.10. The molecule has 2 aromatic carbocycles. The molecule has 0 aromatic heterocycles. The Morgan fingerprint density at radius 1 is 1.07 bits per heavy atom. The fourth-order valence-corrected chi connectivity index (χ4v) is 3.54. The van der Waals surface area contributed by atoms with Gasteiger partial charge in [0.2, 0.25) is 0 Å². The van der Waals surface area contributed by atoms with Gasteiger partial charge in [-0.3, -0.25) is 4.79 Å². The first-order valence-electron chi connectivity index (χ1n) is 8.38. The summed E-state index contributed by atoms with van der Waals surface area (Å²) >= 11 is 12.3. The molecule has 3 N–H and O–H groups in total. The highest BCUT2D eigenvalue weighted by atomic mass is 35.5. The highest BCUT2D eigenvalue weighted by molar-refractivity contribution is 6.35. The first kappa shape index (κ1) is 19.3. The van der Waals surface area contributed by atoms with Gasteiger partial charge in [-0.2, -0.15) is 0 Å². The van der Waals surface area contributed by atoms with Gasteiger partial charge in [0, 0.05) is 21.4 Å². The lowest BCUT2D eigenvalue weighted by atomic mass is 9.94. The number of halogens is 2. The zero-order valence-corrected chi connectivity index (χ0v) is 16.6. The Bertz CT molecular complexity index is 970. The van der Waals surface area contributed by atoms with E-state index in [0.29, 0.717) is 26.9 Å². The summed E-state index contributed by atoms with van der Waals surface area (Å²) in [6, 6.07) is 9.71. The van der Waals surface area contributed by atoms with Crippen LogP contribution in [0.25, 0.3) is 0 Å². The molecule has 1 unspecified atom stereocenters. The lowest BCUT2D eigenvalue weighted by molar-refractivity contribution is -0.113. The highest BCUT2D eigenvalue weighted by Crippen LogP contribution is 2.33. The van der Waals surface area contributed by atoms with Crippen LogP contribution in [0, 0.1) is 13.8 Å². The van der Waals surface area contributed by atoms with Crippen LogP contribution in [0.5, 0.6) is 0 Å². The van der Waals surface area contributed by atoms with E-state index in [2.05, 4.69) is 16.0 Å². The maximum absolute atomic E-state index is 13.1. The molecule has 0 saturated heterocycles. The molecule has 0 bridgehead atoms. The van der Waals surface area contributed by atoms with Crippen molar-refractivity contribution in [1.82, 2.24) is 10.6 Å². The van der Waals surface area contributed by atoms with Crippen LogP contribution in [-0.2, 0) is 4.79 Å². The van der Waals surface area contributed by atoms with Crippen LogP contribution in [0.2, 0.25) is 10.0 Å². The second-order valence-electron chi connectivity index (χ2n) is 6.51. The molecule has 5 nitrogen and oxygen atoms in total. The first-order valence-corrected chi connectivity index (χ1v) is 9.13. The molecule has 0 fully saturated rings. The van der Waals surface area contributed by atoms with Crippen LogP contribution in [0.4, 0.5) is 10.5 Å². The molecule has 1 atom stereocenters. The summed E-state index contributed by atoms with van der Waals surface area (Å²) in [5, 5.41) is 9.21. The maximum Gasteiger partial charge on any atom is 0.319 e. The molecular weight excluding hydrogens is 385 g/mol. The maximum atomic E-state index is 13.1. The molecule has 7 heteroatoms.